The first-order valence-corrected chi connectivity index (χ1v) is 10.2. The lowest BCUT2D eigenvalue weighted by Gasteiger charge is -2.42. The summed E-state index contributed by atoms with van der Waals surface area (Å²) >= 11 is 0. The average Bonchev–Trinajstić information content (AvgIpc) is 2.63. The van der Waals surface area contributed by atoms with Gasteiger partial charge in [0.05, 0.1) is 25.7 Å². The van der Waals surface area contributed by atoms with Gasteiger partial charge in [-0.1, -0.05) is 37.3 Å². The number of rotatable bonds is 9. The molecular weight excluding hydrogens is 358 g/mol. The quantitative estimate of drug-likeness (QED) is 0.663. The topological polar surface area (TPSA) is 82.1 Å². The lowest BCUT2D eigenvalue weighted by atomic mass is 9.85. The standard InChI is InChI=1S/C21H31N3O4/c1-2-24(15-21(26)27)18-10-17(11-18)22-20(25)12-19-14-23(8-9-28-19)13-16-6-4-3-5-7-16/h3-7,17-19H,2,8-15H2,1H3,(H,22,25)(H,26,27). The van der Waals surface area contributed by atoms with E-state index in [9.17, 15) is 9.59 Å². The molecular formula is C21H31N3O4. The Labute approximate surface area is 166 Å². The van der Waals surface area contributed by atoms with Crippen LogP contribution in [0, 0.1) is 0 Å². The zero-order chi connectivity index (χ0) is 19.9. The van der Waals surface area contributed by atoms with Crippen molar-refractivity contribution in [2.24, 2.45) is 0 Å². The molecule has 0 radical (unpaired) electrons. The summed E-state index contributed by atoms with van der Waals surface area (Å²) in [5.74, 6) is -0.778. The van der Waals surface area contributed by atoms with Crippen LogP contribution < -0.4 is 5.32 Å². The number of hydrogen-bond donors (Lipinski definition) is 2. The Morgan fingerprint density at radius 2 is 2.04 bits per heavy atom. The Hall–Kier alpha value is -1.96. The molecule has 1 saturated heterocycles. The molecule has 1 heterocycles. The summed E-state index contributed by atoms with van der Waals surface area (Å²) in [5, 5.41) is 12.0. The van der Waals surface area contributed by atoms with Crippen molar-refractivity contribution < 1.29 is 19.4 Å². The SMILES string of the molecule is CCN(CC(=O)O)C1CC(NC(=O)CC2CN(Cc3ccccc3)CCO2)C1. The maximum Gasteiger partial charge on any atom is 0.317 e. The van der Waals surface area contributed by atoms with Gasteiger partial charge in [-0.25, -0.2) is 0 Å². The summed E-state index contributed by atoms with van der Waals surface area (Å²) in [6.45, 7) is 5.92. The smallest absolute Gasteiger partial charge is 0.317 e. The van der Waals surface area contributed by atoms with Crippen LogP contribution in [0.15, 0.2) is 30.3 Å². The minimum absolute atomic E-state index is 0.0243. The van der Waals surface area contributed by atoms with Crippen LogP contribution in [0.1, 0.15) is 31.7 Å². The first kappa shape index (κ1) is 20.8. The van der Waals surface area contributed by atoms with Crippen LogP contribution in [0.4, 0.5) is 0 Å². The summed E-state index contributed by atoms with van der Waals surface area (Å²) < 4.78 is 5.79. The molecule has 1 amide bonds. The van der Waals surface area contributed by atoms with Crippen LogP contribution in [-0.2, 0) is 20.9 Å². The maximum absolute atomic E-state index is 12.4. The Morgan fingerprint density at radius 3 is 2.71 bits per heavy atom. The van der Waals surface area contributed by atoms with Crippen molar-refractivity contribution in [3.05, 3.63) is 35.9 Å². The van der Waals surface area contributed by atoms with Gasteiger partial charge in [-0.2, -0.15) is 0 Å². The zero-order valence-corrected chi connectivity index (χ0v) is 16.5. The van der Waals surface area contributed by atoms with E-state index >= 15 is 0 Å². The van der Waals surface area contributed by atoms with Crippen LogP contribution >= 0.6 is 0 Å². The molecule has 7 heteroatoms. The van der Waals surface area contributed by atoms with E-state index in [1.54, 1.807) is 0 Å². The fourth-order valence-corrected chi connectivity index (χ4v) is 4.06. The first-order chi connectivity index (χ1) is 13.5. The summed E-state index contributed by atoms with van der Waals surface area (Å²) in [6, 6.07) is 10.7. The van der Waals surface area contributed by atoms with Crippen LogP contribution in [0.25, 0.3) is 0 Å². The number of nitrogens with one attached hydrogen (secondary N) is 1. The van der Waals surface area contributed by atoms with Gasteiger partial charge in [0.25, 0.3) is 0 Å². The summed E-state index contributed by atoms with van der Waals surface area (Å²) in [5.41, 5.74) is 1.27. The van der Waals surface area contributed by atoms with Gasteiger partial charge in [0.2, 0.25) is 5.91 Å². The van der Waals surface area contributed by atoms with Crippen LogP contribution in [0.3, 0.4) is 0 Å². The Bertz CT molecular complexity index is 648. The average molecular weight is 389 g/mol. The Morgan fingerprint density at radius 1 is 1.29 bits per heavy atom. The largest absolute Gasteiger partial charge is 0.480 e. The molecule has 1 atom stereocenters. The highest BCUT2D eigenvalue weighted by Crippen LogP contribution is 2.25. The highest BCUT2D eigenvalue weighted by Gasteiger charge is 2.35. The van der Waals surface area contributed by atoms with Crippen molar-refractivity contribution in [1.29, 1.82) is 0 Å². The number of likely N-dealkylation sites (N-methyl/N-ethyl adjacent to an activating group) is 1. The molecule has 2 aliphatic rings. The summed E-state index contributed by atoms with van der Waals surface area (Å²) in [4.78, 5) is 27.6. The van der Waals surface area contributed by atoms with Crippen LogP contribution in [-0.4, -0.2) is 77.8 Å². The minimum Gasteiger partial charge on any atom is -0.480 e. The second kappa shape index (κ2) is 10.0. The van der Waals surface area contributed by atoms with E-state index in [0.29, 0.717) is 19.6 Å². The van der Waals surface area contributed by atoms with Crippen LogP contribution in [0.2, 0.25) is 0 Å². The van der Waals surface area contributed by atoms with E-state index in [-0.39, 0.29) is 30.6 Å². The monoisotopic (exact) mass is 389 g/mol. The van der Waals surface area contributed by atoms with Crippen LogP contribution in [0.5, 0.6) is 0 Å². The number of carboxylic acid groups (broad SMARTS) is 1. The fourth-order valence-electron chi connectivity index (χ4n) is 4.06. The molecule has 2 N–H and O–H groups in total. The van der Waals surface area contributed by atoms with Gasteiger partial charge < -0.3 is 15.2 Å². The second-order valence-corrected chi connectivity index (χ2v) is 7.76. The van der Waals surface area contributed by atoms with E-state index in [1.807, 2.05) is 30.0 Å². The van der Waals surface area contributed by atoms with Gasteiger partial charge in [0, 0.05) is 31.7 Å². The van der Waals surface area contributed by atoms with Gasteiger partial charge in [-0.05, 0) is 24.9 Å². The molecule has 1 aliphatic heterocycles. The van der Waals surface area contributed by atoms with E-state index in [0.717, 1.165) is 32.5 Å². The number of aliphatic carboxylic acids is 1. The molecule has 28 heavy (non-hydrogen) atoms. The maximum atomic E-state index is 12.4. The van der Waals surface area contributed by atoms with Crippen molar-refractivity contribution in [3.8, 4) is 0 Å². The Balaban J connectivity index is 1.37. The number of carbonyl (C=O) groups excluding carboxylic acids is 1. The number of morpholine rings is 1. The molecule has 1 aromatic carbocycles. The molecule has 0 aromatic heterocycles. The molecule has 1 unspecified atom stereocenters. The third-order valence-corrected chi connectivity index (χ3v) is 5.62. The van der Waals surface area contributed by atoms with Crippen molar-refractivity contribution >= 4 is 11.9 Å². The highest BCUT2D eigenvalue weighted by atomic mass is 16.5. The van der Waals surface area contributed by atoms with E-state index in [4.69, 9.17) is 9.84 Å². The molecule has 154 valence electrons. The van der Waals surface area contributed by atoms with Crippen molar-refractivity contribution in [2.45, 2.75) is 50.9 Å². The normalized spacial score (nSPS) is 25.3. The third kappa shape index (κ3) is 6.02. The number of carboxylic acids is 1. The van der Waals surface area contributed by atoms with Crippen molar-refractivity contribution in [3.63, 3.8) is 0 Å². The van der Waals surface area contributed by atoms with E-state index in [2.05, 4.69) is 22.3 Å². The minimum atomic E-state index is -0.802. The van der Waals surface area contributed by atoms with E-state index < -0.39 is 5.97 Å². The van der Waals surface area contributed by atoms with Gasteiger partial charge in [-0.15, -0.1) is 0 Å². The second-order valence-electron chi connectivity index (χ2n) is 7.76. The highest BCUT2D eigenvalue weighted by molar-refractivity contribution is 5.77. The molecule has 7 nitrogen and oxygen atoms in total. The van der Waals surface area contributed by atoms with Gasteiger partial charge >= 0.3 is 5.97 Å². The number of nitrogens with zero attached hydrogens (tertiary/aromatic N) is 2. The summed E-state index contributed by atoms with van der Waals surface area (Å²) in [6.07, 6.45) is 1.93. The third-order valence-electron chi connectivity index (χ3n) is 5.62. The lowest BCUT2D eigenvalue weighted by molar-refractivity contribution is -0.140. The molecule has 0 spiro atoms. The Kier molecular flexibility index (Phi) is 7.42. The molecule has 3 rings (SSSR count). The number of carbonyl (C=O) groups is 2. The van der Waals surface area contributed by atoms with Gasteiger partial charge in [-0.3, -0.25) is 19.4 Å². The van der Waals surface area contributed by atoms with Crippen molar-refractivity contribution in [1.82, 2.24) is 15.1 Å². The molecule has 1 aliphatic carbocycles. The molecule has 2 fully saturated rings. The number of ether oxygens (including phenoxy) is 1. The van der Waals surface area contributed by atoms with Crippen molar-refractivity contribution in [2.75, 3.05) is 32.8 Å². The lowest BCUT2D eigenvalue weighted by Crippen LogP contribution is -2.55. The predicted molar refractivity (Wildman–Crippen MR) is 106 cm³/mol. The van der Waals surface area contributed by atoms with Gasteiger partial charge in [0.15, 0.2) is 0 Å². The van der Waals surface area contributed by atoms with E-state index in [1.165, 1.54) is 5.56 Å². The molecule has 0 bridgehead atoms. The molecule has 1 saturated carbocycles. The van der Waals surface area contributed by atoms with Gasteiger partial charge in [0.1, 0.15) is 0 Å². The number of hydrogen-bond acceptors (Lipinski definition) is 5. The number of benzene rings is 1. The first-order valence-electron chi connectivity index (χ1n) is 10.2. The zero-order valence-electron chi connectivity index (χ0n) is 16.5. The fraction of sp³-hybridized carbons (Fsp3) is 0.619. The summed E-state index contributed by atoms with van der Waals surface area (Å²) in [7, 11) is 0. The molecule has 1 aromatic rings. The predicted octanol–water partition coefficient (Wildman–Crippen LogP) is 1.33. The number of amides is 1.